The third-order valence-electron chi connectivity index (χ3n) is 12.3. The van der Waals surface area contributed by atoms with Crippen LogP contribution in [0.15, 0.2) is 109 Å². The second-order valence-corrected chi connectivity index (χ2v) is 22.3. The highest BCUT2D eigenvalue weighted by Gasteiger charge is 2.45. The Morgan fingerprint density at radius 3 is 1.39 bits per heavy atom. The van der Waals surface area contributed by atoms with Crippen LogP contribution in [0.1, 0.15) is 79.1 Å². The van der Waals surface area contributed by atoms with E-state index in [1.807, 2.05) is 109 Å². The van der Waals surface area contributed by atoms with Crippen molar-refractivity contribution in [2.24, 2.45) is 0 Å². The van der Waals surface area contributed by atoms with Crippen molar-refractivity contribution in [1.29, 1.82) is 0 Å². The Hall–Kier alpha value is -4.24. The number of aliphatic hydroxyl groups excluding tert-OH is 2. The molecule has 0 bridgehead atoms. The van der Waals surface area contributed by atoms with Crippen LogP contribution >= 0.6 is 0 Å². The number of hydrogen-bond donors (Lipinski definition) is 6. The van der Waals surface area contributed by atoms with Crippen molar-refractivity contribution in [3.05, 3.63) is 143 Å². The van der Waals surface area contributed by atoms with Crippen molar-refractivity contribution in [3.8, 4) is 0 Å². The minimum atomic E-state index is -2.61. The quantitative estimate of drug-likeness (QED) is 0.0524. The van der Waals surface area contributed by atoms with Gasteiger partial charge in [-0.15, -0.1) is 0 Å². The zero-order valence-electron chi connectivity index (χ0n) is 34.7. The average Bonchev–Trinajstić information content (AvgIpc) is 3.69. The number of aliphatic carboxylic acids is 2. The van der Waals surface area contributed by atoms with Gasteiger partial charge in [-0.25, -0.2) is 0 Å². The van der Waals surface area contributed by atoms with Crippen molar-refractivity contribution in [2.75, 3.05) is 0 Å². The molecule has 2 unspecified atom stereocenters. The highest BCUT2D eigenvalue weighted by Crippen LogP contribution is 2.40. The molecular formula is C47H60N2O9Si. The van der Waals surface area contributed by atoms with Gasteiger partial charge in [0, 0.05) is 25.7 Å². The standard InChI is InChI=1S/C47H60N2O9Si/c1-47(2,3)59(4,5)58-34(26-39(56-28-30-16-8-6-9-17-30)43(45(52)53)48-41-35-22-14-12-20-32(35)24-37(41)50)27-40(57-29-31-18-10-7-11-19-31)44(46(54)55)49-42-36-23-15-13-21-33(36)25-38(42)51/h6-23,34,37-44,48-51H,24-29H2,1-5H3,(H,52,53)(H,54,55)/t34?,37-,38-,39+,40+,41+,42+,43?,44?/m1/s1. The first-order valence-corrected chi connectivity index (χ1v) is 23.5. The Balaban J connectivity index is 1.37. The third-order valence-corrected chi connectivity index (χ3v) is 16.8. The molecule has 0 saturated heterocycles. The smallest absolute Gasteiger partial charge is 0.323 e. The average molecular weight is 825 g/mol. The van der Waals surface area contributed by atoms with Gasteiger partial charge >= 0.3 is 11.9 Å². The zero-order valence-corrected chi connectivity index (χ0v) is 35.7. The first-order chi connectivity index (χ1) is 28.1. The predicted molar refractivity (Wildman–Crippen MR) is 228 cm³/mol. The molecule has 11 nitrogen and oxygen atoms in total. The van der Waals surface area contributed by atoms with E-state index in [0.29, 0.717) is 12.8 Å². The number of carboxylic acid groups (broad SMARTS) is 2. The first kappa shape index (κ1) is 44.3. The largest absolute Gasteiger partial charge is 0.480 e. The van der Waals surface area contributed by atoms with Crippen molar-refractivity contribution < 1.29 is 43.9 Å². The molecule has 6 N–H and O–H groups in total. The number of carboxylic acids is 2. The van der Waals surface area contributed by atoms with Gasteiger partial charge in [0.2, 0.25) is 0 Å². The SMILES string of the molecule is CC(C)(C)[Si](C)(C)OC(C[C@H](OCc1ccccc1)C(N[C@H]1c2ccccc2C[C@H]1O)C(=O)O)C[C@H](OCc1ccccc1)C(N[C@H]1c2ccccc2C[C@H]1O)C(=O)O. The Morgan fingerprint density at radius 2 is 1.02 bits per heavy atom. The van der Waals surface area contributed by atoms with Crippen LogP contribution in [0.2, 0.25) is 18.1 Å². The van der Waals surface area contributed by atoms with Crippen LogP contribution in [-0.4, -0.2) is 83.3 Å². The van der Waals surface area contributed by atoms with Gasteiger partial charge in [-0.1, -0.05) is 130 Å². The van der Waals surface area contributed by atoms with Crippen LogP contribution < -0.4 is 10.6 Å². The van der Waals surface area contributed by atoms with Crippen LogP contribution in [0, 0.1) is 0 Å². The lowest BCUT2D eigenvalue weighted by atomic mass is 9.95. The fourth-order valence-electron chi connectivity index (χ4n) is 8.07. The van der Waals surface area contributed by atoms with Gasteiger partial charge in [0.15, 0.2) is 8.32 Å². The number of rotatable bonds is 20. The minimum absolute atomic E-state index is 0.0696. The molecule has 0 aromatic heterocycles. The molecule has 2 aliphatic carbocycles. The highest BCUT2D eigenvalue weighted by molar-refractivity contribution is 6.74. The molecule has 2 aliphatic rings. The number of benzene rings is 4. The Labute approximate surface area is 348 Å². The van der Waals surface area contributed by atoms with Gasteiger partial charge in [0.1, 0.15) is 12.1 Å². The van der Waals surface area contributed by atoms with Gasteiger partial charge in [0.05, 0.1) is 55.8 Å². The molecule has 0 heterocycles. The Morgan fingerprint density at radius 1 is 0.644 bits per heavy atom. The number of carbonyl (C=O) groups is 2. The maximum Gasteiger partial charge on any atom is 0.323 e. The lowest BCUT2D eigenvalue weighted by Gasteiger charge is -2.42. The van der Waals surface area contributed by atoms with Crippen LogP contribution in [0.4, 0.5) is 0 Å². The summed E-state index contributed by atoms with van der Waals surface area (Å²) in [5.41, 5.74) is 5.27. The van der Waals surface area contributed by atoms with Crippen molar-refractivity contribution >= 4 is 20.3 Å². The molecule has 0 amide bonds. The van der Waals surface area contributed by atoms with E-state index in [9.17, 15) is 30.0 Å². The van der Waals surface area contributed by atoms with Crippen molar-refractivity contribution in [3.63, 3.8) is 0 Å². The van der Waals surface area contributed by atoms with E-state index in [1.165, 1.54) is 0 Å². The van der Waals surface area contributed by atoms with Gasteiger partial charge < -0.3 is 34.3 Å². The zero-order chi connectivity index (χ0) is 42.3. The molecule has 0 radical (unpaired) electrons. The maximum atomic E-state index is 13.4. The molecule has 59 heavy (non-hydrogen) atoms. The molecular weight excluding hydrogens is 765 g/mol. The number of hydrogen-bond acceptors (Lipinski definition) is 9. The van der Waals surface area contributed by atoms with E-state index in [0.717, 1.165) is 33.4 Å². The summed E-state index contributed by atoms with van der Waals surface area (Å²) in [6, 6.07) is 30.4. The van der Waals surface area contributed by atoms with E-state index < -0.39 is 74.9 Å². The monoisotopic (exact) mass is 824 g/mol. The van der Waals surface area contributed by atoms with Gasteiger partial charge in [-0.2, -0.15) is 0 Å². The fourth-order valence-corrected chi connectivity index (χ4v) is 9.45. The number of aliphatic hydroxyl groups is 2. The third kappa shape index (κ3) is 11.1. The number of nitrogens with one attached hydrogen (secondary N) is 2. The molecule has 0 spiro atoms. The second-order valence-electron chi connectivity index (χ2n) is 17.5. The number of fused-ring (bicyclic) bond motifs is 2. The molecule has 8 atom stereocenters. The fraction of sp³-hybridized carbons (Fsp3) is 0.447. The molecule has 0 saturated carbocycles. The molecule has 316 valence electrons. The lowest BCUT2D eigenvalue weighted by molar-refractivity contribution is -0.146. The van der Waals surface area contributed by atoms with Crippen LogP contribution in [0.5, 0.6) is 0 Å². The summed E-state index contributed by atoms with van der Waals surface area (Å²) in [6.07, 6.45) is -3.50. The van der Waals surface area contributed by atoms with Gasteiger partial charge in [-0.3, -0.25) is 20.2 Å². The Kier molecular flexibility index (Phi) is 14.6. The maximum absolute atomic E-state index is 13.4. The van der Waals surface area contributed by atoms with Crippen molar-refractivity contribution in [2.45, 2.75) is 132 Å². The van der Waals surface area contributed by atoms with E-state index in [1.54, 1.807) is 0 Å². The van der Waals surface area contributed by atoms with Gasteiger partial charge in [-0.05, 0) is 51.5 Å². The number of ether oxygens (including phenoxy) is 2. The van der Waals surface area contributed by atoms with Crippen LogP contribution in [0.3, 0.4) is 0 Å². The highest BCUT2D eigenvalue weighted by atomic mass is 28.4. The normalized spacial score (nSPS) is 21.5. The van der Waals surface area contributed by atoms with E-state index in [2.05, 4.69) is 44.5 Å². The Bertz CT molecular complexity index is 1860. The van der Waals surface area contributed by atoms with Crippen LogP contribution in [-0.2, 0) is 49.5 Å². The summed E-state index contributed by atoms with van der Waals surface area (Å²) in [4.78, 5) is 26.8. The van der Waals surface area contributed by atoms with Crippen molar-refractivity contribution in [1.82, 2.24) is 10.6 Å². The first-order valence-electron chi connectivity index (χ1n) is 20.6. The molecule has 0 aliphatic heterocycles. The predicted octanol–water partition coefficient (Wildman–Crippen LogP) is 6.73. The lowest BCUT2D eigenvalue weighted by Crippen LogP contribution is -2.54. The summed E-state index contributed by atoms with van der Waals surface area (Å²) < 4.78 is 20.4. The molecule has 6 rings (SSSR count). The summed E-state index contributed by atoms with van der Waals surface area (Å²) in [5, 5.41) is 50.6. The summed E-state index contributed by atoms with van der Waals surface area (Å²) in [5.74, 6) is -2.30. The summed E-state index contributed by atoms with van der Waals surface area (Å²) in [6.45, 7) is 10.8. The summed E-state index contributed by atoms with van der Waals surface area (Å²) >= 11 is 0. The topological polar surface area (TPSA) is 167 Å². The van der Waals surface area contributed by atoms with E-state index >= 15 is 0 Å². The molecule has 0 fully saturated rings. The minimum Gasteiger partial charge on any atom is -0.480 e. The molecule has 4 aromatic rings. The molecule has 4 aromatic carbocycles. The second kappa shape index (κ2) is 19.4. The van der Waals surface area contributed by atoms with Gasteiger partial charge in [0.25, 0.3) is 0 Å². The molecule has 12 heteroatoms. The van der Waals surface area contributed by atoms with E-state index in [4.69, 9.17) is 13.9 Å². The van der Waals surface area contributed by atoms with Crippen LogP contribution in [0.25, 0.3) is 0 Å². The van der Waals surface area contributed by atoms with E-state index in [-0.39, 0.29) is 31.1 Å². The summed E-state index contributed by atoms with van der Waals surface area (Å²) in [7, 11) is -2.61.